The molecule has 23 heavy (non-hydrogen) atoms. The van der Waals surface area contributed by atoms with Gasteiger partial charge in [-0.2, -0.15) is 0 Å². The first-order chi connectivity index (χ1) is 11.1. The molecule has 1 aliphatic heterocycles. The molecule has 7 nitrogen and oxygen atoms in total. The van der Waals surface area contributed by atoms with Gasteiger partial charge in [0.05, 0.1) is 30.6 Å². The van der Waals surface area contributed by atoms with Gasteiger partial charge in [-0.3, -0.25) is 4.79 Å². The largest absolute Gasteiger partial charge is 0.346 e. The Morgan fingerprint density at radius 3 is 3.13 bits per heavy atom. The lowest BCUT2D eigenvalue weighted by molar-refractivity contribution is -0.130. The van der Waals surface area contributed by atoms with E-state index in [1.165, 1.54) is 0 Å². The predicted molar refractivity (Wildman–Crippen MR) is 88.2 cm³/mol. The maximum absolute atomic E-state index is 12.2. The highest BCUT2D eigenvalue weighted by atomic mass is 16.2. The molecule has 0 aromatic carbocycles. The minimum Gasteiger partial charge on any atom is -0.346 e. The second kappa shape index (κ2) is 5.34. The molecule has 1 atom stereocenters. The summed E-state index contributed by atoms with van der Waals surface area (Å²) in [5.74, 6) is 0.190. The van der Waals surface area contributed by atoms with Gasteiger partial charge in [0.2, 0.25) is 5.91 Å². The van der Waals surface area contributed by atoms with Gasteiger partial charge >= 0.3 is 0 Å². The SMILES string of the molecule is CN(C)CC(=O)N1CC[C@@H](n2cnc3cnc4[nH]ccc4c32)C1. The standard InChI is InChI=1S/C16H20N6O/c1-20(2)9-14(23)21-6-4-11(8-21)22-10-19-13-7-18-16-12(15(13)22)3-5-17-16/h3,5,7,10-11H,4,6,8-9H2,1-2H3,(H,17,18)/t11-/m1/s1. The molecule has 0 unspecified atom stereocenters. The molecule has 0 saturated carbocycles. The lowest BCUT2D eigenvalue weighted by Crippen LogP contribution is -2.36. The number of hydrogen-bond donors (Lipinski definition) is 1. The molecule has 7 heteroatoms. The Labute approximate surface area is 133 Å². The first kappa shape index (κ1) is 14.2. The maximum Gasteiger partial charge on any atom is 0.236 e. The average Bonchev–Trinajstić information content (AvgIpc) is 3.23. The summed E-state index contributed by atoms with van der Waals surface area (Å²) in [4.78, 5) is 28.1. The Kier molecular flexibility index (Phi) is 3.30. The first-order valence-electron chi connectivity index (χ1n) is 7.84. The molecular formula is C16H20N6O. The van der Waals surface area contributed by atoms with Gasteiger partial charge in [0, 0.05) is 24.7 Å². The van der Waals surface area contributed by atoms with Crippen LogP contribution in [0.1, 0.15) is 12.5 Å². The van der Waals surface area contributed by atoms with Crippen molar-refractivity contribution in [2.24, 2.45) is 0 Å². The molecule has 3 aromatic heterocycles. The maximum atomic E-state index is 12.2. The third-order valence-electron chi connectivity index (χ3n) is 4.48. The number of fused-ring (bicyclic) bond motifs is 3. The Hall–Kier alpha value is -2.41. The van der Waals surface area contributed by atoms with Crippen molar-refractivity contribution in [3.8, 4) is 0 Å². The van der Waals surface area contributed by atoms with Gasteiger partial charge in [-0.25, -0.2) is 9.97 Å². The predicted octanol–water partition coefficient (Wildman–Crippen LogP) is 1.25. The fraction of sp³-hybridized carbons (Fsp3) is 0.438. The Morgan fingerprint density at radius 2 is 2.30 bits per heavy atom. The number of nitrogens with one attached hydrogen (secondary N) is 1. The molecule has 1 N–H and O–H groups in total. The third kappa shape index (κ3) is 2.37. The second-order valence-electron chi connectivity index (χ2n) is 6.40. The van der Waals surface area contributed by atoms with Crippen LogP contribution >= 0.6 is 0 Å². The van der Waals surface area contributed by atoms with Gasteiger partial charge in [-0.15, -0.1) is 0 Å². The molecule has 0 aliphatic carbocycles. The number of hydrogen-bond acceptors (Lipinski definition) is 4. The van der Waals surface area contributed by atoms with Crippen molar-refractivity contribution in [3.63, 3.8) is 0 Å². The summed E-state index contributed by atoms with van der Waals surface area (Å²) in [6.45, 7) is 2.01. The van der Waals surface area contributed by atoms with E-state index in [1.807, 2.05) is 42.5 Å². The minimum absolute atomic E-state index is 0.190. The first-order valence-corrected chi connectivity index (χ1v) is 7.84. The molecule has 120 valence electrons. The summed E-state index contributed by atoms with van der Waals surface area (Å²) in [6.07, 6.45) is 6.53. The minimum atomic E-state index is 0.190. The van der Waals surface area contributed by atoms with Crippen molar-refractivity contribution in [2.45, 2.75) is 12.5 Å². The zero-order valence-corrected chi connectivity index (χ0v) is 13.4. The topological polar surface area (TPSA) is 70.1 Å². The number of carbonyl (C=O) groups excluding carboxylic acids is 1. The summed E-state index contributed by atoms with van der Waals surface area (Å²) < 4.78 is 2.20. The number of amides is 1. The van der Waals surface area contributed by atoms with E-state index in [4.69, 9.17) is 0 Å². The molecular weight excluding hydrogens is 292 g/mol. The fourth-order valence-corrected chi connectivity index (χ4v) is 3.37. The Balaban J connectivity index is 1.65. The zero-order chi connectivity index (χ0) is 16.0. The normalized spacial score (nSPS) is 18.6. The van der Waals surface area contributed by atoms with Crippen molar-refractivity contribution in [1.29, 1.82) is 0 Å². The number of nitrogens with zero attached hydrogens (tertiary/aromatic N) is 5. The molecule has 4 heterocycles. The van der Waals surface area contributed by atoms with Gasteiger partial charge in [-0.05, 0) is 26.6 Å². The number of H-pyrrole nitrogens is 1. The van der Waals surface area contributed by atoms with Crippen LogP contribution in [0.5, 0.6) is 0 Å². The van der Waals surface area contributed by atoms with Crippen molar-refractivity contribution < 1.29 is 4.79 Å². The van der Waals surface area contributed by atoms with Crippen LogP contribution in [-0.4, -0.2) is 69.0 Å². The van der Waals surface area contributed by atoms with E-state index in [0.717, 1.165) is 41.6 Å². The van der Waals surface area contributed by atoms with E-state index in [9.17, 15) is 4.79 Å². The van der Waals surface area contributed by atoms with E-state index < -0.39 is 0 Å². The molecule has 4 rings (SSSR count). The van der Waals surface area contributed by atoms with Gasteiger partial charge in [0.25, 0.3) is 0 Å². The highest BCUT2D eigenvalue weighted by molar-refractivity contribution is 6.01. The van der Waals surface area contributed by atoms with Gasteiger partial charge in [-0.1, -0.05) is 0 Å². The quantitative estimate of drug-likeness (QED) is 0.790. The molecule has 1 aliphatic rings. The average molecular weight is 312 g/mol. The highest BCUT2D eigenvalue weighted by Crippen LogP contribution is 2.29. The monoisotopic (exact) mass is 312 g/mol. The van der Waals surface area contributed by atoms with Crippen LogP contribution in [0.15, 0.2) is 24.8 Å². The number of carbonyl (C=O) groups is 1. The number of aromatic nitrogens is 4. The number of aromatic amines is 1. The van der Waals surface area contributed by atoms with Gasteiger partial charge in [0.1, 0.15) is 11.2 Å². The van der Waals surface area contributed by atoms with Crippen molar-refractivity contribution >= 4 is 28.0 Å². The summed E-state index contributed by atoms with van der Waals surface area (Å²) >= 11 is 0. The summed E-state index contributed by atoms with van der Waals surface area (Å²) in [5, 5.41) is 1.08. The van der Waals surface area contributed by atoms with Crippen LogP contribution in [-0.2, 0) is 4.79 Å². The van der Waals surface area contributed by atoms with E-state index in [-0.39, 0.29) is 11.9 Å². The molecule has 3 aromatic rings. The number of likely N-dealkylation sites (tertiary alicyclic amines) is 1. The second-order valence-corrected chi connectivity index (χ2v) is 6.40. The number of rotatable bonds is 3. The fourth-order valence-electron chi connectivity index (χ4n) is 3.37. The molecule has 0 bridgehead atoms. The van der Waals surface area contributed by atoms with Crippen molar-refractivity contribution in [1.82, 2.24) is 29.3 Å². The van der Waals surface area contributed by atoms with E-state index in [0.29, 0.717) is 6.54 Å². The van der Waals surface area contributed by atoms with Gasteiger partial charge in [0.15, 0.2) is 0 Å². The van der Waals surface area contributed by atoms with E-state index in [1.54, 1.807) is 6.20 Å². The van der Waals surface area contributed by atoms with E-state index >= 15 is 0 Å². The molecule has 0 radical (unpaired) electrons. The lowest BCUT2D eigenvalue weighted by atomic mass is 10.2. The van der Waals surface area contributed by atoms with Crippen LogP contribution in [0.25, 0.3) is 22.1 Å². The molecule has 1 saturated heterocycles. The molecule has 1 amide bonds. The van der Waals surface area contributed by atoms with Crippen LogP contribution in [0.2, 0.25) is 0 Å². The van der Waals surface area contributed by atoms with Crippen molar-refractivity contribution in [2.75, 3.05) is 33.7 Å². The van der Waals surface area contributed by atoms with Crippen LogP contribution < -0.4 is 0 Å². The smallest absolute Gasteiger partial charge is 0.236 e. The number of imidazole rings is 1. The number of pyridine rings is 1. The van der Waals surface area contributed by atoms with Gasteiger partial charge < -0.3 is 19.4 Å². The zero-order valence-electron chi connectivity index (χ0n) is 13.4. The highest BCUT2D eigenvalue weighted by Gasteiger charge is 2.28. The van der Waals surface area contributed by atoms with E-state index in [2.05, 4.69) is 19.5 Å². The Morgan fingerprint density at radius 1 is 1.43 bits per heavy atom. The van der Waals surface area contributed by atoms with Crippen molar-refractivity contribution in [3.05, 3.63) is 24.8 Å². The number of likely N-dealkylation sites (N-methyl/N-ethyl adjacent to an activating group) is 1. The summed E-state index contributed by atoms with van der Waals surface area (Å²) in [7, 11) is 3.84. The molecule has 1 fully saturated rings. The Bertz CT molecular complexity index is 864. The summed E-state index contributed by atoms with van der Waals surface area (Å²) in [6, 6.07) is 2.30. The third-order valence-corrected chi connectivity index (χ3v) is 4.48. The lowest BCUT2D eigenvalue weighted by Gasteiger charge is -2.19. The van der Waals surface area contributed by atoms with Crippen LogP contribution in [0, 0.1) is 0 Å². The summed E-state index contributed by atoms with van der Waals surface area (Å²) in [5.41, 5.74) is 2.87. The van der Waals surface area contributed by atoms with Crippen LogP contribution in [0.3, 0.4) is 0 Å². The molecule has 0 spiro atoms. The van der Waals surface area contributed by atoms with Crippen LogP contribution in [0.4, 0.5) is 0 Å².